The van der Waals surface area contributed by atoms with Gasteiger partial charge in [0.1, 0.15) is 35.0 Å². The minimum absolute atomic E-state index is 0.0201. The van der Waals surface area contributed by atoms with E-state index in [1.807, 2.05) is 30.3 Å². The molecule has 1 saturated heterocycles. The first-order chi connectivity index (χ1) is 22.5. The fourth-order valence-corrected chi connectivity index (χ4v) is 6.68. The molecular formula is C33H39N3O10S. The average molecular weight is 670 g/mol. The Hall–Kier alpha value is -4.79. The molecule has 1 fully saturated rings. The summed E-state index contributed by atoms with van der Waals surface area (Å²) in [6.07, 6.45) is 0.313. The maximum absolute atomic E-state index is 13.3. The van der Waals surface area contributed by atoms with E-state index in [0.29, 0.717) is 29.5 Å². The average Bonchev–Trinajstić information content (AvgIpc) is 3.32. The summed E-state index contributed by atoms with van der Waals surface area (Å²) in [5, 5.41) is 14.7. The van der Waals surface area contributed by atoms with Crippen LogP contribution in [-0.4, -0.2) is 64.4 Å². The van der Waals surface area contributed by atoms with Gasteiger partial charge in [0.15, 0.2) is 0 Å². The largest absolute Gasteiger partial charge is 0.507 e. The van der Waals surface area contributed by atoms with Crippen molar-refractivity contribution in [3.63, 3.8) is 0 Å². The van der Waals surface area contributed by atoms with Crippen LogP contribution in [0.1, 0.15) is 57.1 Å². The van der Waals surface area contributed by atoms with Crippen molar-refractivity contribution in [2.75, 3.05) is 20.3 Å². The van der Waals surface area contributed by atoms with E-state index >= 15 is 0 Å². The van der Waals surface area contributed by atoms with Gasteiger partial charge in [-0.3, -0.25) is 23.4 Å². The summed E-state index contributed by atoms with van der Waals surface area (Å²) in [4.78, 5) is 49.8. The first-order valence-electron chi connectivity index (χ1n) is 14.9. The molecule has 1 unspecified atom stereocenters. The van der Waals surface area contributed by atoms with Gasteiger partial charge >= 0.3 is 12.1 Å². The number of hydrogen-bond donors (Lipinski definition) is 6. The summed E-state index contributed by atoms with van der Waals surface area (Å²) in [6.45, 7) is 2.27. The predicted molar refractivity (Wildman–Crippen MR) is 174 cm³/mol. The molecule has 2 atom stereocenters. The molecule has 1 aliphatic heterocycles. The lowest BCUT2D eigenvalue weighted by Gasteiger charge is -2.33. The van der Waals surface area contributed by atoms with Crippen molar-refractivity contribution in [2.24, 2.45) is 0 Å². The standard InChI is InChI=1S/C33H39N3O10S/c1-21-17-23(13-14-24(21)28-19-29(38)36-47(28,42)43)18-25(35-33(41)46-20-22-9-4-3-5-10-22)31(39)34-15-6-7-16-45-27-12-8-11-26(37)30(27)32(40)44-2/h3-5,8-14,17,25,28,37,42-43H,6-7,15-16,18-20H2,1-2H3,(H,34,39)(H,35,41)(H,36,38)/t25-,28?/m0/s1. The molecule has 252 valence electrons. The monoisotopic (exact) mass is 669 g/mol. The van der Waals surface area contributed by atoms with Crippen LogP contribution in [0.5, 0.6) is 11.5 Å². The number of carbonyl (C=O) groups excluding carboxylic acids is 4. The first-order valence-corrected chi connectivity index (χ1v) is 16.5. The number of carbonyl (C=O) groups is 4. The van der Waals surface area contributed by atoms with E-state index in [0.717, 1.165) is 5.56 Å². The van der Waals surface area contributed by atoms with Gasteiger partial charge in [0.05, 0.1) is 20.1 Å². The highest BCUT2D eigenvalue weighted by Gasteiger charge is 2.38. The minimum atomic E-state index is -3.33. The van der Waals surface area contributed by atoms with Crippen molar-refractivity contribution in [1.29, 1.82) is 0 Å². The Bertz CT molecular complexity index is 1580. The first kappa shape index (κ1) is 35.1. The predicted octanol–water partition coefficient (Wildman–Crippen LogP) is 4.53. The topological polar surface area (TPSA) is 193 Å². The highest BCUT2D eigenvalue weighted by atomic mass is 32.3. The number of nitrogens with one attached hydrogen (secondary N) is 3. The van der Waals surface area contributed by atoms with E-state index in [2.05, 4.69) is 15.4 Å². The van der Waals surface area contributed by atoms with Crippen LogP contribution in [0.2, 0.25) is 0 Å². The van der Waals surface area contributed by atoms with Gasteiger partial charge in [-0.1, -0.05) is 54.6 Å². The Morgan fingerprint density at radius 2 is 1.79 bits per heavy atom. The molecule has 3 amide bonds. The van der Waals surface area contributed by atoms with Crippen molar-refractivity contribution in [2.45, 2.75) is 50.5 Å². The molecule has 13 nitrogen and oxygen atoms in total. The minimum Gasteiger partial charge on any atom is -0.507 e. The summed E-state index contributed by atoms with van der Waals surface area (Å²) in [6, 6.07) is 17.8. The van der Waals surface area contributed by atoms with E-state index in [9.17, 15) is 33.4 Å². The Kier molecular flexibility index (Phi) is 12.1. The molecule has 47 heavy (non-hydrogen) atoms. The van der Waals surface area contributed by atoms with Crippen LogP contribution in [0.4, 0.5) is 4.79 Å². The maximum atomic E-state index is 13.3. The van der Waals surface area contributed by atoms with E-state index in [-0.39, 0.29) is 49.7 Å². The van der Waals surface area contributed by atoms with Crippen LogP contribution in [-0.2, 0) is 32.1 Å². The molecule has 0 saturated carbocycles. The number of aryl methyl sites for hydroxylation is 1. The zero-order chi connectivity index (χ0) is 34.0. The molecule has 4 rings (SSSR count). The van der Waals surface area contributed by atoms with Crippen molar-refractivity contribution in [1.82, 2.24) is 15.4 Å². The number of esters is 1. The number of phenols is 1. The van der Waals surface area contributed by atoms with E-state index in [1.54, 1.807) is 37.3 Å². The number of ether oxygens (including phenoxy) is 3. The molecule has 1 aliphatic rings. The van der Waals surface area contributed by atoms with E-state index in [1.165, 1.54) is 13.2 Å². The normalized spacial score (nSPS) is 16.3. The Morgan fingerprint density at radius 3 is 2.47 bits per heavy atom. The van der Waals surface area contributed by atoms with Crippen molar-refractivity contribution < 1.29 is 47.6 Å². The molecular weight excluding hydrogens is 630 g/mol. The molecule has 3 aromatic carbocycles. The second-order valence-electron chi connectivity index (χ2n) is 11.0. The second kappa shape index (κ2) is 16.2. The summed E-state index contributed by atoms with van der Waals surface area (Å²) in [7, 11) is -2.12. The number of amides is 3. The van der Waals surface area contributed by atoms with Gasteiger partial charge in [0.2, 0.25) is 11.8 Å². The Labute approximate surface area is 274 Å². The van der Waals surface area contributed by atoms with Crippen molar-refractivity contribution >= 4 is 34.7 Å². The molecule has 0 aliphatic carbocycles. The molecule has 0 radical (unpaired) electrons. The summed E-state index contributed by atoms with van der Waals surface area (Å²) in [5.41, 5.74) is 2.73. The highest BCUT2D eigenvalue weighted by molar-refractivity contribution is 8.23. The number of unbranched alkanes of at least 4 members (excludes halogenated alkanes) is 1. The van der Waals surface area contributed by atoms with Gasteiger partial charge < -0.3 is 30.0 Å². The third-order valence-electron chi connectivity index (χ3n) is 7.50. The molecule has 6 N–H and O–H groups in total. The van der Waals surface area contributed by atoms with Gasteiger partial charge in [-0.25, -0.2) is 9.59 Å². The van der Waals surface area contributed by atoms with Crippen molar-refractivity contribution in [3.05, 3.63) is 94.5 Å². The lowest BCUT2D eigenvalue weighted by molar-refractivity contribution is -0.123. The SMILES string of the molecule is COC(=O)c1c(O)cccc1OCCCCNC(=O)[C@H](Cc1ccc(C2CC(=O)NS2(O)O)c(C)c1)NC(=O)OCc1ccccc1. The Balaban J connectivity index is 1.36. The van der Waals surface area contributed by atoms with Gasteiger partial charge in [-0.05, 0) is 54.2 Å². The zero-order valence-corrected chi connectivity index (χ0v) is 26.9. The number of methoxy groups -OCH3 is 1. The lowest BCUT2D eigenvalue weighted by Crippen LogP contribution is -2.48. The number of hydrogen-bond acceptors (Lipinski definition) is 10. The fraction of sp³-hybridized carbons (Fsp3) is 0.333. The quantitative estimate of drug-likeness (QED) is 0.105. The zero-order valence-electron chi connectivity index (χ0n) is 26.1. The second-order valence-corrected chi connectivity index (χ2v) is 12.9. The fourth-order valence-electron chi connectivity index (χ4n) is 5.12. The van der Waals surface area contributed by atoms with Gasteiger partial charge in [0.25, 0.3) is 0 Å². The highest BCUT2D eigenvalue weighted by Crippen LogP contribution is 2.56. The van der Waals surface area contributed by atoms with E-state index < -0.39 is 45.9 Å². The van der Waals surface area contributed by atoms with Crippen LogP contribution < -0.4 is 20.1 Å². The number of rotatable bonds is 14. The summed E-state index contributed by atoms with van der Waals surface area (Å²) < 4.78 is 38.6. The van der Waals surface area contributed by atoms with Crippen molar-refractivity contribution in [3.8, 4) is 11.5 Å². The molecule has 0 spiro atoms. The number of phenolic OH excluding ortho intramolecular Hbond substituents is 1. The third-order valence-corrected chi connectivity index (χ3v) is 9.24. The van der Waals surface area contributed by atoms with Crippen LogP contribution in [0, 0.1) is 6.92 Å². The van der Waals surface area contributed by atoms with E-state index in [4.69, 9.17) is 14.2 Å². The van der Waals surface area contributed by atoms with Crippen LogP contribution in [0.25, 0.3) is 0 Å². The number of alkyl carbamates (subject to hydrolysis) is 1. The Morgan fingerprint density at radius 1 is 1.02 bits per heavy atom. The van der Waals surface area contributed by atoms with Crippen LogP contribution in [0.15, 0.2) is 66.7 Å². The number of aromatic hydroxyl groups is 1. The van der Waals surface area contributed by atoms with Crippen LogP contribution >= 0.6 is 10.8 Å². The van der Waals surface area contributed by atoms with Crippen LogP contribution in [0.3, 0.4) is 0 Å². The molecule has 1 heterocycles. The summed E-state index contributed by atoms with van der Waals surface area (Å²) in [5.74, 6) is -1.68. The molecule has 14 heteroatoms. The maximum Gasteiger partial charge on any atom is 0.408 e. The summed E-state index contributed by atoms with van der Waals surface area (Å²) >= 11 is 0. The molecule has 3 aromatic rings. The number of benzene rings is 3. The van der Waals surface area contributed by atoms with Gasteiger partial charge in [0, 0.05) is 13.0 Å². The smallest absolute Gasteiger partial charge is 0.408 e. The van der Waals surface area contributed by atoms with Gasteiger partial charge in [-0.15, -0.1) is 10.8 Å². The molecule has 0 aromatic heterocycles. The lowest BCUT2D eigenvalue weighted by atomic mass is 9.97. The third kappa shape index (κ3) is 9.61. The molecule has 0 bridgehead atoms. The van der Waals surface area contributed by atoms with Gasteiger partial charge in [-0.2, -0.15) is 0 Å².